The first-order valence-electron chi connectivity index (χ1n) is 2.68. The number of halogens is 3. The summed E-state index contributed by atoms with van der Waals surface area (Å²) in [5, 5.41) is 9.92. The third-order valence-electron chi connectivity index (χ3n) is 1.05. The molecule has 1 heterocycles. The van der Waals surface area contributed by atoms with Gasteiger partial charge in [0.05, 0.1) is 4.92 Å². The maximum atomic E-state index is 12.4. The molecule has 12 heavy (non-hydrogen) atoms. The van der Waals surface area contributed by atoms with Crippen LogP contribution in [-0.2, 0) is 0 Å². The predicted molar refractivity (Wildman–Crippen MR) is 30.8 cm³/mol. The standard InChI is InChI=1S/C5HF3N2O2/c6-2-1-3(7)9-5(8)4(2)10(11)12/h1H. The van der Waals surface area contributed by atoms with Crippen LogP contribution in [0.25, 0.3) is 0 Å². The Balaban J connectivity index is 3.38. The molecule has 0 aliphatic heterocycles. The van der Waals surface area contributed by atoms with E-state index < -0.39 is 28.3 Å². The van der Waals surface area contributed by atoms with Crippen LogP contribution in [0.1, 0.15) is 0 Å². The molecule has 0 saturated heterocycles. The maximum absolute atomic E-state index is 12.4. The van der Waals surface area contributed by atoms with Crippen molar-refractivity contribution >= 4 is 5.69 Å². The first kappa shape index (κ1) is 8.44. The van der Waals surface area contributed by atoms with E-state index in [4.69, 9.17) is 0 Å². The van der Waals surface area contributed by atoms with E-state index in [0.29, 0.717) is 0 Å². The molecular weight excluding hydrogens is 177 g/mol. The predicted octanol–water partition coefficient (Wildman–Crippen LogP) is 1.41. The van der Waals surface area contributed by atoms with Crippen molar-refractivity contribution in [2.45, 2.75) is 0 Å². The second-order valence-electron chi connectivity index (χ2n) is 1.82. The zero-order chi connectivity index (χ0) is 9.30. The average molecular weight is 178 g/mol. The first-order valence-corrected chi connectivity index (χ1v) is 2.68. The van der Waals surface area contributed by atoms with Crippen LogP contribution in [0.3, 0.4) is 0 Å². The lowest BCUT2D eigenvalue weighted by Gasteiger charge is -1.93. The Kier molecular flexibility index (Phi) is 1.94. The highest BCUT2D eigenvalue weighted by molar-refractivity contribution is 5.28. The summed E-state index contributed by atoms with van der Waals surface area (Å²) in [6.07, 6.45) is 0. The van der Waals surface area contributed by atoms with Crippen LogP contribution in [0.5, 0.6) is 0 Å². The minimum atomic E-state index is -1.77. The second-order valence-corrected chi connectivity index (χ2v) is 1.82. The fourth-order valence-corrected chi connectivity index (χ4v) is 0.613. The smallest absolute Gasteiger partial charge is 0.258 e. The molecule has 0 aromatic carbocycles. The summed E-state index contributed by atoms with van der Waals surface area (Å²) in [4.78, 5) is 11.0. The highest BCUT2D eigenvalue weighted by Gasteiger charge is 2.23. The summed E-state index contributed by atoms with van der Waals surface area (Å²) in [5.41, 5.74) is -1.45. The zero-order valence-corrected chi connectivity index (χ0v) is 5.42. The summed E-state index contributed by atoms with van der Waals surface area (Å²) in [7, 11) is 0. The molecule has 0 N–H and O–H groups in total. The molecule has 0 spiro atoms. The molecule has 0 bridgehead atoms. The Morgan fingerprint density at radius 2 is 2.00 bits per heavy atom. The lowest BCUT2D eigenvalue weighted by molar-refractivity contribution is -0.390. The molecule has 4 nitrogen and oxygen atoms in total. The van der Waals surface area contributed by atoms with Gasteiger partial charge in [0, 0.05) is 6.07 Å². The van der Waals surface area contributed by atoms with E-state index in [1.165, 1.54) is 0 Å². The summed E-state index contributed by atoms with van der Waals surface area (Å²) >= 11 is 0. The summed E-state index contributed by atoms with van der Waals surface area (Å²) in [6, 6.07) is 0.140. The van der Waals surface area contributed by atoms with E-state index in [1.807, 2.05) is 0 Å². The molecule has 64 valence electrons. The molecule has 1 aromatic rings. The fraction of sp³-hybridized carbons (Fsp3) is 0. The Hall–Kier alpha value is -1.66. The molecule has 7 heteroatoms. The summed E-state index contributed by atoms with van der Waals surface area (Å²) in [5.74, 6) is -4.78. The van der Waals surface area contributed by atoms with Crippen molar-refractivity contribution in [3.63, 3.8) is 0 Å². The molecule has 0 unspecified atom stereocenters. The number of rotatable bonds is 1. The van der Waals surface area contributed by atoms with Crippen molar-refractivity contribution in [1.29, 1.82) is 0 Å². The average Bonchev–Trinajstić information content (AvgIpc) is 1.82. The van der Waals surface area contributed by atoms with Gasteiger partial charge in [-0.25, -0.2) is 0 Å². The van der Waals surface area contributed by atoms with Gasteiger partial charge in [-0.2, -0.15) is 18.2 Å². The van der Waals surface area contributed by atoms with E-state index in [0.717, 1.165) is 0 Å². The van der Waals surface area contributed by atoms with E-state index in [9.17, 15) is 23.3 Å². The van der Waals surface area contributed by atoms with E-state index in [1.54, 1.807) is 0 Å². The molecule has 1 aromatic heterocycles. The van der Waals surface area contributed by atoms with Crippen LogP contribution < -0.4 is 0 Å². The number of nitro groups is 1. The van der Waals surface area contributed by atoms with Gasteiger partial charge in [-0.15, -0.1) is 0 Å². The van der Waals surface area contributed by atoms with Crippen LogP contribution in [0.4, 0.5) is 18.9 Å². The molecule has 0 fully saturated rings. The van der Waals surface area contributed by atoms with Crippen molar-refractivity contribution in [2.24, 2.45) is 0 Å². The number of pyridine rings is 1. The first-order chi connectivity index (χ1) is 5.52. The molecule has 0 aliphatic carbocycles. The lowest BCUT2D eigenvalue weighted by Crippen LogP contribution is -2.00. The van der Waals surface area contributed by atoms with Gasteiger partial charge in [0.2, 0.25) is 11.8 Å². The normalized spacial score (nSPS) is 9.92. The molecular formula is C5HF3N2O2. The molecule has 1 rings (SSSR count). The van der Waals surface area contributed by atoms with Gasteiger partial charge in [-0.3, -0.25) is 10.1 Å². The fourth-order valence-electron chi connectivity index (χ4n) is 0.613. The maximum Gasteiger partial charge on any atom is 0.359 e. The van der Waals surface area contributed by atoms with Crippen LogP contribution in [0.15, 0.2) is 6.07 Å². The van der Waals surface area contributed by atoms with Gasteiger partial charge < -0.3 is 0 Å². The van der Waals surface area contributed by atoms with Crippen LogP contribution in [0.2, 0.25) is 0 Å². The Morgan fingerprint density at radius 1 is 1.42 bits per heavy atom. The zero-order valence-electron chi connectivity index (χ0n) is 5.42. The molecule has 0 radical (unpaired) electrons. The van der Waals surface area contributed by atoms with Crippen molar-refractivity contribution in [1.82, 2.24) is 4.98 Å². The van der Waals surface area contributed by atoms with Crippen LogP contribution in [0, 0.1) is 27.8 Å². The Morgan fingerprint density at radius 3 is 2.42 bits per heavy atom. The minimum absolute atomic E-state index is 0.140. The van der Waals surface area contributed by atoms with Gasteiger partial charge in [-0.1, -0.05) is 0 Å². The van der Waals surface area contributed by atoms with E-state index in [-0.39, 0.29) is 6.07 Å². The third kappa shape index (κ3) is 1.34. The van der Waals surface area contributed by atoms with Crippen LogP contribution >= 0.6 is 0 Å². The summed E-state index contributed by atoms with van der Waals surface area (Å²) < 4.78 is 36.8. The molecule has 0 atom stereocenters. The lowest BCUT2D eigenvalue weighted by atomic mass is 10.4. The molecule has 0 amide bonds. The Bertz CT molecular complexity index is 318. The monoisotopic (exact) mass is 178 g/mol. The quantitative estimate of drug-likeness (QED) is 0.371. The van der Waals surface area contributed by atoms with E-state index in [2.05, 4.69) is 4.98 Å². The van der Waals surface area contributed by atoms with Crippen LogP contribution in [-0.4, -0.2) is 9.91 Å². The highest BCUT2D eigenvalue weighted by Crippen LogP contribution is 2.19. The highest BCUT2D eigenvalue weighted by atomic mass is 19.1. The SMILES string of the molecule is O=[N+]([O-])c1c(F)cc(F)nc1F. The number of hydrogen-bond acceptors (Lipinski definition) is 3. The molecule has 0 saturated carbocycles. The largest absolute Gasteiger partial charge is 0.359 e. The molecule has 0 aliphatic rings. The van der Waals surface area contributed by atoms with Gasteiger partial charge in [-0.05, 0) is 0 Å². The number of aromatic nitrogens is 1. The topological polar surface area (TPSA) is 56.0 Å². The Labute approximate surface area is 63.8 Å². The van der Waals surface area contributed by atoms with Gasteiger partial charge in [0.15, 0.2) is 0 Å². The van der Waals surface area contributed by atoms with Gasteiger partial charge in [0.25, 0.3) is 5.95 Å². The number of hydrogen-bond donors (Lipinski definition) is 0. The van der Waals surface area contributed by atoms with Crippen molar-refractivity contribution in [2.75, 3.05) is 0 Å². The third-order valence-corrected chi connectivity index (χ3v) is 1.05. The summed E-state index contributed by atoms with van der Waals surface area (Å²) in [6.45, 7) is 0. The van der Waals surface area contributed by atoms with Crippen molar-refractivity contribution in [3.05, 3.63) is 33.9 Å². The second kappa shape index (κ2) is 2.76. The van der Waals surface area contributed by atoms with E-state index >= 15 is 0 Å². The van der Waals surface area contributed by atoms with Gasteiger partial charge in [0.1, 0.15) is 0 Å². The number of nitrogens with zero attached hydrogens (tertiary/aromatic N) is 2. The minimum Gasteiger partial charge on any atom is -0.258 e. The van der Waals surface area contributed by atoms with Crippen molar-refractivity contribution < 1.29 is 18.1 Å². The van der Waals surface area contributed by atoms with Gasteiger partial charge >= 0.3 is 5.69 Å². The van der Waals surface area contributed by atoms with Crippen molar-refractivity contribution in [3.8, 4) is 0 Å².